The van der Waals surface area contributed by atoms with Gasteiger partial charge in [0.05, 0.1) is 13.0 Å². The summed E-state index contributed by atoms with van der Waals surface area (Å²) in [5.74, 6) is -0.262. The maximum Gasteiger partial charge on any atom is 0.227 e. The molecule has 0 aliphatic carbocycles. The lowest BCUT2D eigenvalue weighted by molar-refractivity contribution is -0.130. The first-order valence-electron chi connectivity index (χ1n) is 7.04. The Bertz CT molecular complexity index is 453. The normalized spacial score (nSPS) is 17.0. The summed E-state index contributed by atoms with van der Waals surface area (Å²) >= 11 is 0. The molecule has 0 aromatic heterocycles. The van der Waals surface area contributed by atoms with Crippen LogP contribution in [0.15, 0.2) is 24.3 Å². The fraction of sp³-hybridized carbons (Fsp3) is 0.533. The number of amides is 1. The fourth-order valence-electron chi connectivity index (χ4n) is 2.52. The average molecular weight is 280 g/mol. The van der Waals surface area contributed by atoms with Crippen molar-refractivity contribution in [2.45, 2.75) is 12.8 Å². The smallest absolute Gasteiger partial charge is 0.227 e. The summed E-state index contributed by atoms with van der Waals surface area (Å²) in [6.45, 7) is 3.91. The van der Waals surface area contributed by atoms with Gasteiger partial charge in [-0.1, -0.05) is 12.1 Å². The standard InChI is InChI=1S/C15H21FN2O2/c16-14-4-1-3-13(11-14)12-15(20)18-6-2-5-17(7-8-18)9-10-19/h1,3-4,11,19H,2,5-10,12H2. The van der Waals surface area contributed by atoms with Crippen molar-refractivity contribution in [3.05, 3.63) is 35.6 Å². The number of carbonyl (C=O) groups is 1. The van der Waals surface area contributed by atoms with Gasteiger partial charge in [-0.05, 0) is 30.7 Å². The van der Waals surface area contributed by atoms with Gasteiger partial charge in [0.25, 0.3) is 0 Å². The first kappa shape index (κ1) is 14.9. The minimum atomic E-state index is -0.305. The molecule has 1 aromatic rings. The summed E-state index contributed by atoms with van der Waals surface area (Å²) in [5.41, 5.74) is 0.714. The third kappa shape index (κ3) is 4.28. The van der Waals surface area contributed by atoms with Crippen LogP contribution in [0.5, 0.6) is 0 Å². The van der Waals surface area contributed by atoms with Gasteiger partial charge in [0.1, 0.15) is 5.82 Å². The lowest BCUT2D eigenvalue weighted by Crippen LogP contribution is -2.36. The second-order valence-electron chi connectivity index (χ2n) is 5.11. The van der Waals surface area contributed by atoms with E-state index in [-0.39, 0.29) is 24.8 Å². The zero-order chi connectivity index (χ0) is 14.4. The van der Waals surface area contributed by atoms with Crippen LogP contribution < -0.4 is 0 Å². The topological polar surface area (TPSA) is 43.8 Å². The molecule has 20 heavy (non-hydrogen) atoms. The molecule has 0 unspecified atom stereocenters. The van der Waals surface area contributed by atoms with Crippen LogP contribution in [0.4, 0.5) is 4.39 Å². The second-order valence-corrected chi connectivity index (χ2v) is 5.11. The largest absolute Gasteiger partial charge is 0.395 e. The van der Waals surface area contributed by atoms with E-state index in [0.29, 0.717) is 18.7 Å². The molecule has 0 spiro atoms. The van der Waals surface area contributed by atoms with Gasteiger partial charge in [-0.3, -0.25) is 9.69 Å². The molecule has 1 aromatic carbocycles. The summed E-state index contributed by atoms with van der Waals surface area (Å²) < 4.78 is 13.1. The first-order valence-corrected chi connectivity index (χ1v) is 7.04. The van der Waals surface area contributed by atoms with Gasteiger partial charge in [-0.25, -0.2) is 4.39 Å². The monoisotopic (exact) mass is 280 g/mol. The van der Waals surface area contributed by atoms with E-state index in [9.17, 15) is 9.18 Å². The van der Waals surface area contributed by atoms with Crippen molar-refractivity contribution in [3.8, 4) is 0 Å². The van der Waals surface area contributed by atoms with Gasteiger partial charge >= 0.3 is 0 Å². The highest BCUT2D eigenvalue weighted by atomic mass is 19.1. The van der Waals surface area contributed by atoms with Gasteiger partial charge in [-0.2, -0.15) is 0 Å². The Balaban J connectivity index is 1.89. The van der Waals surface area contributed by atoms with Crippen LogP contribution in [-0.4, -0.2) is 60.1 Å². The van der Waals surface area contributed by atoms with Crippen LogP contribution in [-0.2, 0) is 11.2 Å². The molecule has 1 aliphatic rings. The molecule has 1 amide bonds. The quantitative estimate of drug-likeness (QED) is 0.891. The number of aliphatic hydroxyl groups excluding tert-OH is 1. The van der Waals surface area contributed by atoms with Crippen molar-refractivity contribution < 1.29 is 14.3 Å². The van der Waals surface area contributed by atoms with Gasteiger partial charge in [0.15, 0.2) is 0 Å². The van der Waals surface area contributed by atoms with Crippen molar-refractivity contribution in [2.75, 3.05) is 39.3 Å². The van der Waals surface area contributed by atoms with Crippen LogP contribution in [0.3, 0.4) is 0 Å². The maximum atomic E-state index is 13.1. The van der Waals surface area contributed by atoms with Crippen LogP contribution >= 0.6 is 0 Å². The Kier molecular flexibility index (Phi) is 5.49. The predicted molar refractivity (Wildman–Crippen MR) is 74.8 cm³/mol. The highest BCUT2D eigenvalue weighted by molar-refractivity contribution is 5.78. The van der Waals surface area contributed by atoms with E-state index in [4.69, 9.17) is 5.11 Å². The zero-order valence-corrected chi connectivity index (χ0v) is 11.6. The van der Waals surface area contributed by atoms with Crippen molar-refractivity contribution in [1.29, 1.82) is 0 Å². The third-order valence-electron chi connectivity index (χ3n) is 3.60. The van der Waals surface area contributed by atoms with E-state index in [1.807, 2.05) is 4.90 Å². The highest BCUT2D eigenvalue weighted by Gasteiger charge is 2.18. The summed E-state index contributed by atoms with van der Waals surface area (Å²) in [6.07, 6.45) is 1.16. The molecule has 1 N–H and O–H groups in total. The van der Waals surface area contributed by atoms with E-state index in [2.05, 4.69) is 4.90 Å². The zero-order valence-electron chi connectivity index (χ0n) is 11.6. The first-order chi connectivity index (χ1) is 9.69. The SMILES string of the molecule is O=C(Cc1cccc(F)c1)N1CCCN(CCO)CC1. The van der Waals surface area contributed by atoms with Crippen LogP contribution in [0.1, 0.15) is 12.0 Å². The van der Waals surface area contributed by atoms with Crippen molar-refractivity contribution in [1.82, 2.24) is 9.80 Å². The Labute approximate surface area is 118 Å². The number of benzene rings is 1. The molecule has 1 saturated heterocycles. The Morgan fingerprint density at radius 2 is 2.10 bits per heavy atom. The van der Waals surface area contributed by atoms with Gasteiger partial charge in [-0.15, -0.1) is 0 Å². The molecule has 0 saturated carbocycles. The molecule has 1 fully saturated rings. The highest BCUT2D eigenvalue weighted by Crippen LogP contribution is 2.09. The number of rotatable bonds is 4. The summed E-state index contributed by atoms with van der Waals surface area (Å²) in [4.78, 5) is 16.2. The van der Waals surface area contributed by atoms with E-state index < -0.39 is 0 Å². The number of β-amino-alcohol motifs (C(OH)–C–C–N with tert-alkyl or cyclic N) is 1. The molecule has 2 rings (SSSR count). The summed E-state index contributed by atoms with van der Waals surface area (Å²) in [6, 6.07) is 6.20. The van der Waals surface area contributed by atoms with Gasteiger partial charge in [0.2, 0.25) is 5.91 Å². The van der Waals surface area contributed by atoms with E-state index >= 15 is 0 Å². The van der Waals surface area contributed by atoms with E-state index in [0.717, 1.165) is 26.1 Å². The maximum absolute atomic E-state index is 13.1. The number of halogens is 1. The molecule has 0 bridgehead atoms. The lowest BCUT2D eigenvalue weighted by Gasteiger charge is -2.21. The summed E-state index contributed by atoms with van der Waals surface area (Å²) in [7, 11) is 0. The molecule has 1 heterocycles. The molecular weight excluding hydrogens is 259 g/mol. The minimum absolute atomic E-state index is 0.0430. The molecule has 4 nitrogen and oxygen atoms in total. The molecule has 1 aliphatic heterocycles. The number of hydrogen-bond acceptors (Lipinski definition) is 3. The molecular formula is C15H21FN2O2. The van der Waals surface area contributed by atoms with Crippen LogP contribution in [0.25, 0.3) is 0 Å². The fourth-order valence-corrected chi connectivity index (χ4v) is 2.52. The summed E-state index contributed by atoms with van der Waals surface area (Å²) in [5, 5.41) is 8.95. The molecule has 5 heteroatoms. The van der Waals surface area contributed by atoms with Crippen LogP contribution in [0, 0.1) is 5.82 Å². The molecule has 110 valence electrons. The average Bonchev–Trinajstić information content (AvgIpc) is 2.65. The molecule has 0 radical (unpaired) electrons. The van der Waals surface area contributed by atoms with Gasteiger partial charge in [0, 0.05) is 26.2 Å². The molecule has 0 atom stereocenters. The van der Waals surface area contributed by atoms with Crippen molar-refractivity contribution in [2.24, 2.45) is 0 Å². The number of hydrogen-bond donors (Lipinski definition) is 1. The third-order valence-corrected chi connectivity index (χ3v) is 3.60. The minimum Gasteiger partial charge on any atom is -0.395 e. The van der Waals surface area contributed by atoms with Crippen LogP contribution in [0.2, 0.25) is 0 Å². The Morgan fingerprint density at radius 3 is 2.85 bits per heavy atom. The Hall–Kier alpha value is -1.46. The van der Waals surface area contributed by atoms with Gasteiger partial charge < -0.3 is 10.0 Å². The van der Waals surface area contributed by atoms with Crippen molar-refractivity contribution >= 4 is 5.91 Å². The number of nitrogens with zero attached hydrogens (tertiary/aromatic N) is 2. The predicted octanol–water partition coefficient (Wildman–Crippen LogP) is 0.895. The van der Waals surface area contributed by atoms with E-state index in [1.165, 1.54) is 12.1 Å². The number of aliphatic hydroxyl groups is 1. The number of carbonyl (C=O) groups excluding carboxylic acids is 1. The van der Waals surface area contributed by atoms with Crippen molar-refractivity contribution in [3.63, 3.8) is 0 Å². The Morgan fingerprint density at radius 1 is 1.25 bits per heavy atom. The van der Waals surface area contributed by atoms with E-state index in [1.54, 1.807) is 12.1 Å². The second kappa shape index (κ2) is 7.36. The lowest BCUT2D eigenvalue weighted by atomic mass is 10.1.